The summed E-state index contributed by atoms with van der Waals surface area (Å²) in [5.41, 5.74) is 3.27. The topological polar surface area (TPSA) is 18.5 Å². The molecule has 0 spiro atoms. The van der Waals surface area contributed by atoms with Crippen LogP contribution < -0.4 is 9.47 Å². The zero-order valence-corrected chi connectivity index (χ0v) is 12.8. The maximum absolute atomic E-state index is 6.54. The number of ether oxygens (including phenoxy) is 2. The van der Waals surface area contributed by atoms with Gasteiger partial charge < -0.3 is 9.47 Å². The van der Waals surface area contributed by atoms with Crippen molar-refractivity contribution in [1.82, 2.24) is 0 Å². The Morgan fingerprint density at radius 3 is 2.40 bits per heavy atom. The molecule has 2 aromatic rings. The van der Waals surface area contributed by atoms with Crippen LogP contribution in [-0.4, -0.2) is 14.2 Å². The number of hydrogen-bond donors (Lipinski definition) is 0. The second-order valence-corrected chi connectivity index (χ2v) is 5.24. The Kier molecular flexibility index (Phi) is 4.91. The summed E-state index contributed by atoms with van der Waals surface area (Å²) in [5.74, 6) is 1.74. The summed E-state index contributed by atoms with van der Waals surface area (Å²) in [4.78, 5) is 0. The highest BCUT2D eigenvalue weighted by Crippen LogP contribution is 2.32. The van der Waals surface area contributed by atoms with Crippen molar-refractivity contribution in [2.45, 2.75) is 18.7 Å². The fourth-order valence-electron chi connectivity index (χ4n) is 2.21. The summed E-state index contributed by atoms with van der Waals surface area (Å²) in [6.45, 7) is 2.02. The molecule has 0 heterocycles. The molecule has 0 N–H and O–H groups in total. The number of rotatable bonds is 5. The molecule has 1 atom stereocenters. The number of methoxy groups -OCH3 is 2. The molecule has 0 saturated heterocycles. The molecule has 2 aromatic carbocycles. The van der Waals surface area contributed by atoms with E-state index in [1.165, 1.54) is 0 Å². The summed E-state index contributed by atoms with van der Waals surface area (Å²) in [6.07, 6.45) is 0.720. The van der Waals surface area contributed by atoms with Crippen LogP contribution in [0.2, 0.25) is 0 Å². The van der Waals surface area contributed by atoms with Gasteiger partial charge in [-0.1, -0.05) is 30.3 Å². The minimum atomic E-state index is -0.110. The van der Waals surface area contributed by atoms with Crippen LogP contribution in [0.25, 0.3) is 0 Å². The van der Waals surface area contributed by atoms with Gasteiger partial charge in [0, 0.05) is 0 Å². The molecule has 3 heteroatoms. The van der Waals surface area contributed by atoms with E-state index in [4.69, 9.17) is 21.1 Å². The van der Waals surface area contributed by atoms with Gasteiger partial charge in [-0.25, -0.2) is 0 Å². The first kappa shape index (κ1) is 14.7. The van der Waals surface area contributed by atoms with Crippen LogP contribution in [0.3, 0.4) is 0 Å². The molecule has 106 valence electrons. The predicted octanol–water partition coefficient (Wildman–Crippen LogP) is 4.53. The van der Waals surface area contributed by atoms with Gasteiger partial charge >= 0.3 is 0 Å². The lowest BCUT2D eigenvalue weighted by Gasteiger charge is -2.14. The Bertz CT molecular complexity index is 581. The number of para-hydroxylation sites is 1. The molecule has 0 aromatic heterocycles. The first-order valence-corrected chi connectivity index (χ1v) is 7.00. The van der Waals surface area contributed by atoms with Gasteiger partial charge in [0.05, 0.1) is 19.6 Å². The molecular weight excluding hydrogens is 272 g/mol. The van der Waals surface area contributed by atoms with Crippen molar-refractivity contribution < 1.29 is 9.47 Å². The van der Waals surface area contributed by atoms with Crippen molar-refractivity contribution in [1.29, 1.82) is 0 Å². The van der Waals surface area contributed by atoms with Crippen LogP contribution in [0, 0.1) is 6.92 Å². The lowest BCUT2D eigenvalue weighted by atomic mass is 10.0. The van der Waals surface area contributed by atoms with Gasteiger partial charge in [0.1, 0.15) is 11.5 Å². The van der Waals surface area contributed by atoms with Crippen LogP contribution in [0.5, 0.6) is 11.5 Å². The van der Waals surface area contributed by atoms with Crippen molar-refractivity contribution in [2.24, 2.45) is 0 Å². The standard InChI is InChI=1S/C17H19ClO2/c1-12-8-9-13(11-17(12)20-3)15(18)10-14-6-4-5-7-16(14)19-2/h4-9,11,15H,10H2,1-3H3. The third-order valence-corrected chi connectivity index (χ3v) is 3.79. The molecule has 2 rings (SSSR count). The van der Waals surface area contributed by atoms with E-state index in [2.05, 4.69) is 0 Å². The fraction of sp³-hybridized carbons (Fsp3) is 0.294. The van der Waals surface area contributed by atoms with Crippen molar-refractivity contribution in [3.63, 3.8) is 0 Å². The van der Waals surface area contributed by atoms with Gasteiger partial charge in [-0.3, -0.25) is 0 Å². The number of benzene rings is 2. The first-order valence-electron chi connectivity index (χ1n) is 6.56. The quantitative estimate of drug-likeness (QED) is 0.753. The average Bonchev–Trinajstić information content (AvgIpc) is 2.48. The number of aryl methyl sites for hydroxylation is 1. The summed E-state index contributed by atoms with van der Waals surface area (Å²) in [5, 5.41) is -0.110. The molecule has 20 heavy (non-hydrogen) atoms. The molecule has 0 amide bonds. The van der Waals surface area contributed by atoms with Gasteiger partial charge in [-0.2, -0.15) is 0 Å². The third kappa shape index (κ3) is 3.26. The van der Waals surface area contributed by atoms with Crippen molar-refractivity contribution in [2.75, 3.05) is 14.2 Å². The molecule has 1 unspecified atom stereocenters. The number of alkyl halides is 1. The molecule has 0 bridgehead atoms. The SMILES string of the molecule is COc1cc(C(Cl)Cc2ccccc2OC)ccc1C. The van der Waals surface area contributed by atoms with Gasteiger partial charge in [0.15, 0.2) is 0 Å². The van der Waals surface area contributed by atoms with E-state index in [-0.39, 0.29) is 5.38 Å². The van der Waals surface area contributed by atoms with Crippen LogP contribution >= 0.6 is 11.6 Å². The van der Waals surface area contributed by atoms with Gasteiger partial charge in [-0.05, 0) is 42.2 Å². The highest BCUT2D eigenvalue weighted by Gasteiger charge is 2.13. The largest absolute Gasteiger partial charge is 0.496 e. The molecule has 0 aliphatic heterocycles. The van der Waals surface area contributed by atoms with E-state index < -0.39 is 0 Å². The highest BCUT2D eigenvalue weighted by molar-refractivity contribution is 6.21. The van der Waals surface area contributed by atoms with Crippen LogP contribution in [0.1, 0.15) is 22.1 Å². The highest BCUT2D eigenvalue weighted by atomic mass is 35.5. The molecular formula is C17H19ClO2. The van der Waals surface area contributed by atoms with Gasteiger partial charge in [0.25, 0.3) is 0 Å². The first-order chi connectivity index (χ1) is 9.65. The average molecular weight is 291 g/mol. The van der Waals surface area contributed by atoms with E-state index in [0.717, 1.165) is 34.6 Å². The van der Waals surface area contributed by atoms with E-state index in [9.17, 15) is 0 Å². The maximum atomic E-state index is 6.54. The van der Waals surface area contributed by atoms with Crippen molar-refractivity contribution in [3.8, 4) is 11.5 Å². The van der Waals surface area contributed by atoms with E-state index in [0.29, 0.717) is 0 Å². The monoisotopic (exact) mass is 290 g/mol. The smallest absolute Gasteiger partial charge is 0.122 e. The predicted molar refractivity (Wildman–Crippen MR) is 83.0 cm³/mol. The Morgan fingerprint density at radius 2 is 1.70 bits per heavy atom. The minimum Gasteiger partial charge on any atom is -0.496 e. The Labute approximate surface area is 125 Å². The van der Waals surface area contributed by atoms with E-state index in [1.807, 2.05) is 49.4 Å². The third-order valence-electron chi connectivity index (χ3n) is 3.39. The lowest BCUT2D eigenvalue weighted by molar-refractivity contribution is 0.408. The van der Waals surface area contributed by atoms with Crippen LogP contribution in [0.4, 0.5) is 0 Å². The maximum Gasteiger partial charge on any atom is 0.122 e. The zero-order valence-electron chi connectivity index (χ0n) is 12.0. The molecule has 0 saturated carbocycles. The normalized spacial score (nSPS) is 12.0. The molecule has 2 nitrogen and oxygen atoms in total. The van der Waals surface area contributed by atoms with E-state index >= 15 is 0 Å². The second-order valence-electron chi connectivity index (χ2n) is 4.71. The zero-order chi connectivity index (χ0) is 14.5. The second kappa shape index (κ2) is 6.67. The Morgan fingerprint density at radius 1 is 1.00 bits per heavy atom. The molecule has 0 aliphatic carbocycles. The molecule has 0 radical (unpaired) electrons. The number of halogens is 1. The van der Waals surface area contributed by atoms with Crippen molar-refractivity contribution in [3.05, 3.63) is 59.2 Å². The van der Waals surface area contributed by atoms with Crippen LogP contribution in [0.15, 0.2) is 42.5 Å². The summed E-state index contributed by atoms with van der Waals surface area (Å²) in [7, 11) is 3.35. The summed E-state index contributed by atoms with van der Waals surface area (Å²) in [6, 6.07) is 14.0. The van der Waals surface area contributed by atoms with Gasteiger partial charge in [0.2, 0.25) is 0 Å². The summed E-state index contributed by atoms with van der Waals surface area (Å²) >= 11 is 6.54. The summed E-state index contributed by atoms with van der Waals surface area (Å²) < 4.78 is 10.7. The molecule has 0 aliphatic rings. The van der Waals surface area contributed by atoms with Gasteiger partial charge in [-0.15, -0.1) is 11.6 Å². The Hall–Kier alpha value is -1.67. The van der Waals surface area contributed by atoms with Crippen molar-refractivity contribution >= 4 is 11.6 Å². The fourth-order valence-corrected chi connectivity index (χ4v) is 2.52. The lowest BCUT2D eigenvalue weighted by Crippen LogP contribution is -1.99. The minimum absolute atomic E-state index is 0.110. The number of hydrogen-bond acceptors (Lipinski definition) is 2. The van der Waals surface area contributed by atoms with E-state index in [1.54, 1.807) is 14.2 Å². The molecule has 0 fully saturated rings. The van der Waals surface area contributed by atoms with Crippen LogP contribution in [-0.2, 0) is 6.42 Å². The Balaban J connectivity index is 2.21.